The van der Waals surface area contributed by atoms with Gasteiger partial charge < -0.3 is 42.1 Å². The maximum Gasteiger partial charge on any atom is 0.275 e. The molecule has 28 heteroatoms. The molecular weight excluding hydrogens is 1100 g/mol. The zero-order chi connectivity index (χ0) is 54.5. The van der Waals surface area contributed by atoms with Crippen LogP contribution in [0.3, 0.4) is 0 Å². The molecule has 0 saturated heterocycles. The van der Waals surface area contributed by atoms with Gasteiger partial charge in [0.1, 0.15) is 93.5 Å². The van der Waals surface area contributed by atoms with E-state index in [1.54, 1.807) is 48.2 Å². The van der Waals surface area contributed by atoms with Crippen LogP contribution in [-0.2, 0) is 14.4 Å². The lowest BCUT2D eigenvalue weighted by atomic mass is 10.1. The van der Waals surface area contributed by atoms with Gasteiger partial charge in [0.2, 0.25) is 5.91 Å². The highest BCUT2D eigenvalue weighted by Crippen LogP contribution is 2.38. The molecule has 394 valence electrons. The van der Waals surface area contributed by atoms with Gasteiger partial charge in [0.05, 0.1) is 36.2 Å². The monoisotopic (exact) mass is 1140 g/mol. The Morgan fingerprint density at radius 1 is 0.618 bits per heavy atom. The number of aliphatic hydroxyl groups excluding tert-OH is 2. The predicted molar refractivity (Wildman–Crippen MR) is 289 cm³/mol. The molecular formula is C48H47N13O9S6. The average molecular weight is 1140 g/mol. The third-order valence-corrected chi connectivity index (χ3v) is 16.5. The number of hydrogen-bond acceptors (Lipinski definition) is 22. The van der Waals surface area contributed by atoms with Gasteiger partial charge in [-0.25, -0.2) is 34.9 Å². The first-order chi connectivity index (χ1) is 36.3. The quantitative estimate of drug-likeness (QED) is 0.0753. The second kappa shape index (κ2) is 23.8. The highest BCUT2D eigenvalue weighted by Gasteiger charge is 2.32. The van der Waals surface area contributed by atoms with Crippen LogP contribution in [0.2, 0.25) is 0 Å². The molecule has 7 aromatic rings. The van der Waals surface area contributed by atoms with Gasteiger partial charge in [0, 0.05) is 37.8 Å². The van der Waals surface area contributed by atoms with Gasteiger partial charge in [-0.05, 0) is 52.7 Å². The molecule has 7 aromatic heterocycles. The van der Waals surface area contributed by atoms with Gasteiger partial charge in [-0.1, -0.05) is 26.0 Å². The van der Waals surface area contributed by atoms with E-state index in [1.807, 2.05) is 13.8 Å². The van der Waals surface area contributed by atoms with Gasteiger partial charge in [-0.3, -0.25) is 33.6 Å². The Bertz CT molecular complexity index is 3440. The van der Waals surface area contributed by atoms with Crippen LogP contribution >= 0.6 is 68.0 Å². The van der Waals surface area contributed by atoms with Crippen molar-refractivity contribution < 1.29 is 43.8 Å². The van der Waals surface area contributed by atoms with E-state index in [4.69, 9.17) is 15.0 Å². The number of carbonyl (C=O) groups excluding carboxylic acids is 7. The second-order valence-corrected chi connectivity index (χ2v) is 22.4. The van der Waals surface area contributed by atoms with E-state index in [2.05, 4.69) is 51.8 Å². The summed E-state index contributed by atoms with van der Waals surface area (Å²) in [5.74, 6) is -4.34. The van der Waals surface area contributed by atoms with Crippen LogP contribution in [0, 0.1) is 5.92 Å². The van der Waals surface area contributed by atoms with Crippen molar-refractivity contribution in [2.75, 3.05) is 6.54 Å². The van der Waals surface area contributed by atoms with E-state index in [-0.39, 0.29) is 57.4 Å². The first-order valence-corrected chi connectivity index (χ1v) is 28.4. The van der Waals surface area contributed by atoms with Crippen molar-refractivity contribution in [2.45, 2.75) is 78.8 Å². The number of rotatable bonds is 10. The molecule has 6 amide bonds. The van der Waals surface area contributed by atoms with Crippen LogP contribution in [0.5, 0.6) is 0 Å². The van der Waals surface area contributed by atoms with Gasteiger partial charge in [0.25, 0.3) is 29.5 Å². The molecule has 8 N–H and O–H groups in total. The summed E-state index contributed by atoms with van der Waals surface area (Å²) in [6, 6.07) is 0.349. The van der Waals surface area contributed by atoms with Crippen molar-refractivity contribution in [3.05, 3.63) is 100 Å². The highest BCUT2D eigenvalue weighted by atomic mass is 32.1. The number of allylic oxidation sites excluding steroid dienone is 2. The normalized spacial score (nSPS) is 18.0. The standard InChI is InChI=1S/C48H47N13O9S6/c1-8-24(37(65)49-12-20(5)62)51-38(66)28-15-73-46(56-28)32-18-74-45(58-32)26-11-10-23-36(50-26)27-13-75-48(53-27)35(22(7)64)61-41(69)31-17-76-47(57-31)33(19(3)4)59-39(67)30-16-72-44(55-30)25(9-2)52-42(70)34(21(6)63)60-40(68)29-14-71-43(23)54-29/h8-11,13-19,21-22,33-35,63-64H,12H2,1-7H3,(H,49,65)(H,51,66)(H,52,70)(H,59,67)(H,60,68)(H,61,69)/b24-8+,25-9+. The molecule has 0 aromatic carbocycles. The van der Waals surface area contributed by atoms with Crippen molar-refractivity contribution in [3.8, 4) is 43.4 Å². The van der Waals surface area contributed by atoms with Gasteiger partial charge in [-0.15, -0.1) is 68.0 Å². The second-order valence-electron chi connectivity index (χ2n) is 17.2. The van der Waals surface area contributed by atoms with E-state index < -0.39 is 65.8 Å². The van der Waals surface area contributed by atoms with Crippen LogP contribution < -0.4 is 31.9 Å². The molecule has 0 saturated carbocycles. The number of aromatic nitrogens is 7. The summed E-state index contributed by atoms with van der Waals surface area (Å²) in [6.07, 6.45) is 0.482. The number of thiazole rings is 6. The Balaban J connectivity index is 1.15. The number of fused-ring (bicyclic) bond motifs is 11. The maximum atomic E-state index is 13.9. The minimum Gasteiger partial charge on any atom is -0.391 e. The number of aliphatic hydroxyl groups is 2. The zero-order valence-corrected chi connectivity index (χ0v) is 46.2. The molecule has 8 rings (SSSR count). The van der Waals surface area contributed by atoms with E-state index in [1.165, 1.54) is 65.7 Å². The number of nitrogens with zero attached hydrogens (tertiary/aromatic N) is 7. The maximum absolute atomic E-state index is 13.9. The number of ketones is 1. The molecule has 5 unspecified atom stereocenters. The number of amides is 6. The van der Waals surface area contributed by atoms with Crippen molar-refractivity contribution in [2.24, 2.45) is 5.92 Å². The molecule has 0 radical (unpaired) electrons. The van der Waals surface area contributed by atoms with Crippen LogP contribution in [0.25, 0.3) is 49.1 Å². The van der Waals surface area contributed by atoms with Crippen LogP contribution in [0.1, 0.15) is 118 Å². The first kappa shape index (κ1) is 55.1. The molecule has 5 atom stereocenters. The van der Waals surface area contributed by atoms with Gasteiger partial charge in [-0.2, -0.15) is 0 Å². The molecule has 0 spiro atoms. The van der Waals surface area contributed by atoms with E-state index in [0.29, 0.717) is 53.4 Å². The number of Topliss-reactive ketones (excluding diaryl/α,β-unsaturated/α-hetero) is 1. The van der Waals surface area contributed by atoms with Crippen molar-refractivity contribution in [1.82, 2.24) is 66.8 Å². The van der Waals surface area contributed by atoms with Crippen LogP contribution in [-0.4, -0.2) is 111 Å². The van der Waals surface area contributed by atoms with Crippen molar-refractivity contribution in [1.29, 1.82) is 0 Å². The van der Waals surface area contributed by atoms with E-state index in [0.717, 1.165) is 45.3 Å². The lowest BCUT2D eigenvalue weighted by molar-refractivity contribution is -0.124. The molecule has 0 aliphatic carbocycles. The molecule has 1 aliphatic rings. The molecule has 0 fully saturated rings. The number of carbonyl (C=O) groups is 7. The molecule has 8 heterocycles. The molecule has 76 heavy (non-hydrogen) atoms. The van der Waals surface area contributed by atoms with Gasteiger partial charge >= 0.3 is 0 Å². The lowest BCUT2D eigenvalue weighted by Crippen LogP contribution is -2.52. The fraction of sp³-hybridized carbons (Fsp3) is 0.292. The summed E-state index contributed by atoms with van der Waals surface area (Å²) in [6.45, 7) is 11.0. The third kappa shape index (κ3) is 12.4. The summed E-state index contributed by atoms with van der Waals surface area (Å²) in [5.41, 5.74) is 2.16. The van der Waals surface area contributed by atoms with Crippen LogP contribution in [0.15, 0.2) is 62.3 Å². The number of hydrogen-bond donors (Lipinski definition) is 8. The Labute approximate surface area is 457 Å². The Hall–Kier alpha value is -7.18. The molecule has 8 bridgehead atoms. The van der Waals surface area contributed by atoms with Crippen molar-refractivity contribution in [3.63, 3.8) is 0 Å². The van der Waals surface area contributed by atoms with Crippen molar-refractivity contribution >= 4 is 115 Å². The highest BCUT2D eigenvalue weighted by molar-refractivity contribution is 7.15. The Morgan fingerprint density at radius 2 is 1.14 bits per heavy atom. The van der Waals surface area contributed by atoms with Gasteiger partial charge in [0.15, 0.2) is 0 Å². The fourth-order valence-corrected chi connectivity index (χ4v) is 12.4. The van der Waals surface area contributed by atoms with E-state index in [9.17, 15) is 43.8 Å². The zero-order valence-electron chi connectivity index (χ0n) is 41.3. The Kier molecular flexibility index (Phi) is 17.2. The summed E-state index contributed by atoms with van der Waals surface area (Å²) in [4.78, 5) is 125. The molecule has 1 aliphatic heterocycles. The average Bonchev–Trinajstić information content (AvgIpc) is 4.26. The molecule has 22 nitrogen and oxygen atoms in total. The summed E-state index contributed by atoms with van der Waals surface area (Å²) in [7, 11) is 0. The SMILES string of the molecule is C/C=C(/NC(=O)c1csc(-c2csc(-c3ccc4c(n3)-c3csc(n3)C(C(C)O)NC(=O)c3csc(n3)C(C(C)C)NC(=O)c3csc(n3)/C(=C\C)NC(=O)C(C(C)O)NC(=O)c3csc-4n3)n2)n1)C(=O)NCC(C)=O. The largest absolute Gasteiger partial charge is 0.391 e. The minimum absolute atomic E-state index is 0.0317. The summed E-state index contributed by atoms with van der Waals surface area (Å²) < 4.78 is 0. The fourth-order valence-electron chi connectivity index (χ4n) is 7.17. The minimum atomic E-state index is -1.45. The lowest BCUT2D eigenvalue weighted by Gasteiger charge is -2.21. The first-order valence-electron chi connectivity index (χ1n) is 23.1. The summed E-state index contributed by atoms with van der Waals surface area (Å²) >= 11 is 6.94. The van der Waals surface area contributed by atoms with Crippen LogP contribution in [0.4, 0.5) is 0 Å². The third-order valence-electron chi connectivity index (χ3n) is 11.2. The topological polar surface area (TPSA) is 322 Å². The number of pyridine rings is 1. The van der Waals surface area contributed by atoms with E-state index >= 15 is 0 Å². The Morgan fingerprint density at radius 3 is 1.79 bits per heavy atom. The summed E-state index contributed by atoms with van der Waals surface area (Å²) in [5, 5.41) is 49.8. The number of nitrogens with one attached hydrogen (secondary N) is 6. The smallest absolute Gasteiger partial charge is 0.275 e. The predicted octanol–water partition coefficient (Wildman–Crippen LogP) is 5.78.